The van der Waals surface area contributed by atoms with E-state index in [1.807, 2.05) is 0 Å². The molecule has 2 aromatic heterocycles. The van der Waals surface area contributed by atoms with Crippen LogP contribution >= 0.6 is 11.3 Å². The molecule has 0 unspecified atom stereocenters. The number of amides is 1. The number of carbonyl (C=O) groups excluding carboxylic acids is 2. The number of anilines is 1. The number of methoxy groups -OCH3 is 1. The zero-order chi connectivity index (χ0) is 13.1. The summed E-state index contributed by atoms with van der Waals surface area (Å²) in [6.07, 6.45) is 1.23. The van der Waals surface area contributed by atoms with Crippen LogP contribution in [0.5, 0.6) is 0 Å². The summed E-state index contributed by atoms with van der Waals surface area (Å²) in [6.45, 7) is 1.79. The minimum absolute atomic E-state index is 0.0800. The lowest BCUT2D eigenvalue weighted by Gasteiger charge is -2.05. The molecule has 94 valence electrons. The Morgan fingerprint density at radius 3 is 2.89 bits per heavy atom. The third kappa shape index (κ3) is 2.23. The van der Waals surface area contributed by atoms with Gasteiger partial charge in [0.2, 0.25) is 5.82 Å². The van der Waals surface area contributed by atoms with E-state index in [-0.39, 0.29) is 5.82 Å². The lowest BCUT2D eigenvalue weighted by Crippen LogP contribution is -2.16. The molecule has 2 aromatic rings. The zero-order valence-corrected chi connectivity index (χ0v) is 10.5. The molecular weight excluding hydrogens is 256 g/mol. The summed E-state index contributed by atoms with van der Waals surface area (Å²) in [5.41, 5.74) is 1.22. The van der Waals surface area contributed by atoms with Gasteiger partial charge in [0.1, 0.15) is 11.2 Å². The fourth-order valence-electron chi connectivity index (χ4n) is 1.33. The van der Waals surface area contributed by atoms with E-state index in [0.29, 0.717) is 10.6 Å². The fourth-order valence-corrected chi connectivity index (χ4v) is 2.25. The Hall–Kier alpha value is -2.22. The average Bonchev–Trinajstić information content (AvgIpc) is 2.99. The number of esters is 1. The molecule has 0 spiro atoms. The third-order valence-electron chi connectivity index (χ3n) is 2.21. The van der Waals surface area contributed by atoms with Crippen molar-refractivity contribution in [2.75, 3.05) is 12.4 Å². The summed E-state index contributed by atoms with van der Waals surface area (Å²) in [4.78, 5) is 27.4. The van der Waals surface area contributed by atoms with Gasteiger partial charge >= 0.3 is 5.97 Å². The normalized spacial score (nSPS) is 10.1. The Labute approximate surface area is 106 Å². The standard InChI is InChI=1S/C10H10N4O3S/c1-5-3-18-7(10(16)17-2)6(5)13-9(15)8-11-4-12-14-8/h3-4H,1-2H3,(H,13,15)(H,11,12,14). The Morgan fingerprint density at radius 2 is 2.28 bits per heavy atom. The average molecular weight is 266 g/mol. The summed E-state index contributed by atoms with van der Waals surface area (Å²) in [7, 11) is 1.29. The predicted molar refractivity (Wildman–Crippen MR) is 64.7 cm³/mol. The lowest BCUT2D eigenvalue weighted by molar-refractivity contribution is 0.0607. The van der Waals surface area contributed by atoms with Crippen LogP contribution in [0.1, 0.15) is 25.9 Å². The summed E-state index contributed by atoms with van der Waals surface area (Å²) < 4.78 is 4.65. The molecule has 2 rings (SSSR count). The van der Waals surface area contributed by atoms with Crippen LogP contribution in [0.2, 0.25) is 0 Å². The molecule has 0 fully saturated rings. The van der Waals surface area contributed by atoms with Gasteiger partial charge < -0.3 is 10.1 Å². The molecule has 0 saturated carbocycles. The number of hydrogen-bond donors (Lipinski definition) is 2. The number of hydrogen-bond acceptors (Lipinski definition) is 6. The Morgan fingerprint density at radius 1 is 1.50 bits per heavy atom. The Kier molecular flexibility index (Phi) is 3.38. The first-order chi connectivity index (χ1) is 8.63. The predicted octanol–water partition coefficient (Wildman–Crippen LogP) is 1.21. The van der Waals surface area contributed by atoms with Gasteiger partial charge in [-0.25, -0.2) is 9.78 Å². The summed E-state index contributed by atoms with van der Waals surface area (Å²) in [6, 6.07) is 0. The molecule has 8 heteroatoms. The number of aromatic nitrogens is 3. The van der Waals surface area contributed by atoms with Crippen LogP contribution in [0.25, 0.3) is 0 Å². The van der Waals surface area contributed by atoms with Crippen LogP contribution in [0.4, 0.5) is 5.69 Å². The van der Waals surface area contributed by atoms with E-state index in [4.69, 9.17) is 0 Å². The molecule has 1 amide bonds. The van der Waals surface area contributed by atoms with Crippen molar-refractivity contribution in [1.82, 2.24) is 15.2 Å². The molecule has 18 heavy (non-hydrogen) atoms. The zero-order valence-electron chi connectivity index (χ0n) is 9.68. The number of thiophene rings is 1. The highest BCUT2D eigenvalue weighted by atomic mass is 32.1. The van der Waals surface area contributed by atoms with Gasteiger partial charge in [-0.05, 0) is 17.9 Å². The quantitative estimate of drug-likeness (QED) is 0.814. The molecule has 0 atom stereocenters. The molecule has 0 aliphatic carbocycles. The fraction of sp³-hybridized carbons (Fsp3) is 0.200. The first-order valence-corrected chi connectivity index (χ1v) is 5.84. The molecule has 2 heterocycles. The van der Waals surface area contributed by atoms with Gasteiger partial charge in [-0.15, -0.1) is 11.3 Å². The van der Waals surface area contributed by atoms with E-state index in [2.05, 4.69) is 25.2 Å². The van der Waals surface area contributed by atoms with Crippen molar-refractivity contribution >= 4 is 28.9 Å². The highest BCUT2D eigenvalue weighted by Crippen LogP contribution is 2.28. The van der Waals surface area contributed by atoms with Gasteiger partial charge in [-0.3, -0.25) is 9.89 Å². The van der Waals surface area contributed by atoms with Crippen LogP contribution in [-0.4, -0.2) is 34.2 Å². The van der Waals surface area contributed by atoms with E-state index in [0.717, 1.165) is 5.56 Å². The second kappa shape index (κ2) is 4.96. The number of aryl methyl sites for hydroxylation is 1. The van der Waals surface area contributed by atoms with E-state index >= 15 is 0 Å². The van der Waals surface area contributed by atoms with E-state index in [1.165, 1.54) is 24.8 Å². The van der Waals surface area contributed by atoms with Crippen molar-refractivity contribution in [3.05, 3.63) is 28.0 Å². The largest absolute Gasteiger partial charge is 0.465 e. The molecule has 0 aliphatic heterocycles. The minimum Gasteiger partial charge on any atom is -0.465 e. The topological polar surface area (TPSA) is 97.0 Å². The number of ether oxygens (including phenoxy) is 1. The van der Waals surface area contributed by atoms with Gasteiger partial charge in [0.15, 0.2) is 0 Å². The number of nitrogens with zero attached hydrogens (tertiary/aromatic N) is 2. The summed E-state index contributed by atoms with van der Waals surface area (Å²) >= 11 is 1.21. The van der Waals surface area contributed by atoms with Crippen LogP contribution in [0, 0.1) is 6.92 Å². The van der Waals surface area contributed by atoms with Gasteiger partial charge in [-0.1, -0.05) is 0 Å². The molecule has 2 N–H and O–H groups in total. The number of H-pyrrole nitrogens is 1. The number of rotatable bonds is 3. The SMILES string of the molecule is COC(=O)c1scc(C)c1NC(=O)c1ncn[nH]1. The van der Waals surface area contributed by atoms with Crippen LogP contribution in [0.3, 0.4) is 0 Å². The molecule has 0 aliphatic rings. The first-order valence-electron chi connectivity index (χ1n) is 4.96. The third-order valence-corrected chi connectivity index (χ3v) is 3.29. The molecule has 7 nitrogen and oxygen atoms in total. The molecule has 0 saturated heterocycles. The highest BCUT2D eigenvalue weighted by molar-refractivity contribution is 7.12. The highest BCUT2D eigenvalue weighted by Gasteiger charge is 2.20. The van der Waals surface area contributed by atoms with E-state index in [1.54, 1.807) is 12.3 Å². The van der Waals surface area contributed by atoms with Crippen molar-refractivity contribution in [3.63, 3.8) is 0 Å². The van der Waals surface area contributed by atoms with Crippen molar-refractivity contribution in [3.8, 4) is 0 Å². The molecule has 0 bridgehead atoms. The first kappa shape index (κ1) is 12.2. The maximum absolute atomic E-state index is 11.8. The maximum atomic E-state index is 11.8. The molecule has 0 aromatic carbocycles. The Bertz CT molecular complexity index is 576. The molecular formula is C10H10N4O3S. The van der Waals surface area contributed by atoms with E-state index < -0.39 is 11.9 Å². The van der Waals surface area contributed by atoms with Crippen LogP contribution in [0.15, 0.2) is 11.7 Å². The van der Waals surface area contributed by atoms with Gasteiger partial charge in [0.05, 0.1) is 12.8 Å². The second-order valence-electron chi connectivity index (χ2n) is 3.40. The van der Waals surface area contributed by atoms with Crippen molar-refractivity contribution in [1.29, 1.82) is 0 Å². The summed E-state index contributed by atoms with van der Waals surface area (Å²) in [5.74, 6) is -0.864. The van der Waals surface area contributed by atoms with Crippen molar-refractivity contribution < 1.29 is 14.3 Å². The lowest BCUT2D eigenvalue weighted by atomic mass is 10.2. The number of nitrogens with one attached hydrogen (secondary N) is 2. The van der Waals surface area contributed by atoms with Crippen LogP contribution in [-0.2, 0) is 4.74 Å². The van der Waals surface area contributed by atoms with Crippen molar-refractivity contribution in [2.24, 2.45) is 0 Å². The van der Waals surface area contributed by atoms with E-state index in [9.17, 15) is 9.59 Å². The van der Waals surface area contributed by atoms with Crippen molar-refractivity contribution in [2.45, 2.75) is 6.92 Å². The monoisotopic (exact) mass is 266 g/mol. The minimum atomic E-state index is -0.485. The van der Waals surface area contributed by atoms with Gasteiger partial charge in [0.25, 0.3) is 5.91 Å². The van der Waals surface area contributed by atoms with Crippen LogP contribution < -0.4 is 5.32 Å². The number of carbonyl (C=O) groups is 2. The smallest absolute Gasteiger partial charge is 0.350 e. The maximum Gasteiger partial charge on any atom is 0.350 e. The Balaban J connectivity index is 2.26. The summed E-state index contributed by atoms with van der Waals surface area (Å²) in [5, 5.41) is 10.4. The second-order valence-corrected chi connectivity index (χ2v) is 4.28. The van der Waals surface area contributed by atoms with Gasteiger partial charge in [-0.2, -0.15) is 5.10 Å². The van der Waals surface area contributed by atoms with Gasteiger partial charge in [0, 0.05) is 0 Å². The number of aromatic amines is 1. The molecule has 0 radical (unpaired) electrons.